The van der Waals surface area contributed by atoms with Gasteiger partial charge in [0.15, 0.2) is 0 Å². The molecule has 0 amide bonds. The molecule has 0 aromatic heterocycles. The molecule has 0 spiro atoms. The van der Waals surface area contributed by atoms with E-state index in [1.54, 1.807) is 7.11 Å². The molecule has 0 bridgehead atoms. The lowest BCUT2D eigenvalue weighted by Crippen LogP contribution is -2.39. The first-order chi connectivity index (χ1) is 9.43. The van der Waals surface area contributed by atoms with Gasteiger partial charge in [0.05, 0.1) is 19.3 Å². The van der Waals surface area contributed by atoms with Crippen molar-refractivity contribution in [3.8, 4) is 5.75 Å². The molecule has 5 atom stereocenters. The van der Waals surface area contributed by atoms with E-state index in [-0.39, 0.29) is 18.2 Å². The van der Waals surface area contributed by atoms with E-state index in [1.165, 1.54) is 5.56 Å². The van der Waals surface area contributed by atoms with E-state index in [9.17, 15) is 0 Å². The number of hydrogen-bond donors (Lipinski definition) is 1. The van der Waals surface area contributed by atoms with Crippen LogP contribution in [0.5, 0.6) is 5.75 Å². The molecule has 0 saturated carbocycles. The van der Waals surface area contributed by atoms with E-state index >= 15 is 0 Å². The smallest absolute Gasteiger partial charge is 0.119 e. The summed E-state index contributed by atoms with van der Waals surface area (Å²) >= 11 is 3.60. The molecule has 0 aliphatic carbocycles. The second-order valence-corrected chi connectivity index (χ2v) is 6.66. The van der Waals surface area contributed by atoms with Crippen LogP contribution in [0.15, 0.2) is 22.7 Å². The summed E-state index contributed by atoms with van der Waals surface area (Å²) in [4.78, 5) is 0. The molecule has 1 aliphatic heterocycles. The fourth-order valence-electron chi connectivity index (χ4n) is 3.26. The van der Waals surface area contributed by atoms with Gasteiger partial charge < -0.3 is 15.2 Å². The van der Waals surface area contributed by atoms with E-state index in [2.05, 4.69) is 42.8 Å². The lowest BCUT2D eigenvalue weighted by molar-refractivity contribution is 0.0490. The summed E-state index contributed by atoms with van der Waals surface area (Å²) in [6, 6.07) is 6.11. The molecule has 0 radical (unpaired) electrons. The van der Waals surface area contributed by atoms with Gasteiger partial charge in [-0.3, -0.25) is 0 Å². The van der Waals surface area contributed by atoms with Crippen LogP contribution in [-0.4, -0.2) is 25.4 Å². The van der Waals surface area contributed by atoms with Gasteiger partial charge in [-0.15, -0.1) is 0 Å². The van der Waals surface area contributed by atoms with E-state index in [0.29, 0.717) is 11.8 Å². The van der Waals surface area contributed by atoms with Crippen LogP contribution >= 0.6 is 15.9 Å². The Bertz CT molecular complexity index is 466. The first kappa shape index (κ1) is 15.8. The van der Waals surface area contributed by atoms with Crippen molar-refractivity contribution in [2.45, 2.75) is 45.4 Å². The van der Waals surface area contributed by atoms with Gasteiger partial charge in [0.25, 0.3) is 0 Å². The first-order valence-corrected chi connectivity index (χ1v) is 7.96. The molecule has 112 valence electrons. The number of ether oxygens (including phenoxy) is 2. The van der Waals surface area contributed by atoms with Crippen molar-refractivity contribution in [3.63, 3.8) is 0 Å². The van der Waals surface area contributed by atoms with Crippen LogP contribution in [0.3, 0.4) is 0 Å². The SMILES string of the molecule is COc1ccc(Br)c(CC(N)C2C(C)OC(C)C2C)c1. The van der Waals surface area contributed by atoms with E-state index < -0.39 is 0 Å². The number of rotatable bonds is 4. The molecule has 1 aromatic rings. The predicted molar refractivity (Wildman–Crippen MR) is 85.0 cm³/mol. The summed E-state index contributed by atoms with van der Waals surface area (Å²) in [7, 11) is 1.68. The number of methoxy groups -OCH3 is 1. The minimum absolute atomic E-state index is 0.0911. The molecule has 1 saturated heterocycles. The monoisotopic (exact) mass is 341 g/mol. The van der Waals surface area contributed by atoms with Crippen LogP contribution in [0, 0.1) is 11.8 Å². The Morgan fingerprint density at radius 2 is 2.00 bits per heavy atom. The highest BCUT2D eigenvalue weighted by Gasteiger charge is 2.40. The van der Waals surface area contributed by atoms with E-state index in [0.717, 1.165) is 16.6 Å². The molecule has 20 heavy (non-hydrogen) atoms. The lowest BCUT2D eigenvalue weighted by atomic mass is 9.81. The standard InChI is InChI=1S/C16H24BrNO2/c1-9-10(2)20-11(3)16(9)15(18)8-12-7-13(19-4)5-6-14(12)17/h5-7,9-11,15-16H,8,18H2,1-4H3. The van der Waals surface area contributed by atoms with Crippen molar-refractivity contribution in [1.82, 2.24) is 0 Å². The van der Waals surface area contributed by atoms with Gasteiger partial charge in [-0.05, 0) is 49.9 Å². The van der Waals surface area contributed by atoms with Crippen LogP contribution in [0.25, 0.3) is 0 Å². The van der Waals surface area contributed by atoms with Gasteiger partial charge in [-0.25, -0.2) is 0 Å². The van der Waals surface area contributed by atoms with Crippen molar-refractivity contribution >= 4 is 15.9 Å². The summed E-state index contributed by atoms with van der Waals surface area (Å²) in [5.74, 6) is 1.75. The number of benzene rings is 1. The second kappa shape index (κ2) is 6.46. The zero-order chi connectivity index (χ0) is 14.9. The average molecular weight is 342 g/mol. The van der Waals surface area contributed by atoms with Crippen molar-refractivity contribution in [2.75, 3.05) is 7.11 Å². The topological polar surface area (TPSA) is 44.5 Å². The van der Waals surface area contributed by atoms with E-state index in [1.807, 2.05) is 12.1 Å². The molecular formula is C16H24BrNO2. The van der Waals surface area contributed by atoms with Crippen molar-refractivity contribution in [3.05, 3.63) is 28.2 Å². The quantitative estimate of drug-likeness (QED) is 0.912. The Hall–Kier alpha value is -0.580. The fourth-order valence-corrected chi connectivity index (χ4v) is 3.66. The zero-order valence-corrected chi connectivity index (χ0v) is 14.2. The van der Waals surface area contributed by atoms with E-state index in [4.69, 9.17) is 15.2 Å². The molecule has 2 N–H and O–H groups in total. The number of halogens is 1. The van der Waals surface area contributed by atoms with Crippen LogP contribution in [0.2, 0.25) is 0 Å². The molecule has 1 heterocycles. The lowest BCUT2D eigenvalue weighted by Gasteiger charge is -2.26. The third-order valence-corrected chi connectivity index (χ3v) is 5.30. The van der Waals surface area contributed by atoms with Gasteiger partial charge >= 0.3 is 0 Å². The highest BCUT2D eigenvalue weighted by Crippen LogP contribution is 2.35. The predicted octanol–water partition coefficient (Wildman–Crippen LogP) is 3.39. The molecule has 4 heteroatoms. The summed E-state index contributed by atoms with van der Waals surface area (Å²) in [5, 5.41) is 0. The van der Waals surface area contributed by atoms with Gasteiger partial charge in [0, 0.05) is 16.4 Å². The first-order valence-electron chi connectivity index (χ1n) is 7.17. The molecule has 1 fully saturated rings. The maximum absolute atomic E-state index is 6.47. The van der Waals surface area contributed by atoms with Crippen LogP contribution in [-0.2, 0) is 11.2 Å². The number of hydrogen-bond acceptors (Lipinski definition) is 3. The van der Waals surface area contributed by atoms with Gasteiger partial charge in [-0.2, -0.15) is 0 Å². The Morgan fingerprint density at radius 3 is 2.55 bits per heavy atom. The highest BCUT2D eigenvalue weighted by atomic mass is 79.9. The molecule has 1 aromatic carbocycles. The van der Waals surface area contributed by atoms with Gasteiger partial charge in [0.2, 0.25) is 0 Å². The van der Waals surface area contributed by atoms with Gasteiger partial charge in [-0.1, -0.05) is 22.9 Å². The molecule has 3 nitrogen and oxygen atoms in total. The largest absolute Gasteiger partial charge is 0.497 e. The third kappa shape index (κ3) is 3.18. The molecule has 5 unspecified atom stereocenters. The maximum atomic E-state index is 6.47. The second-order valence-electron chi connectivity index (χ2n) is 5.81. The summed E-state index contributed by atoms with van der Waals surface area (Å²) in [6.45, 7) is 6.50. The molecular weight excluding hydrogens is 318 g/mol. The Balaban J connectivity index is 2.13. The Labute approximate surface area is 130 Å². The van der Waals surface area contributed by atoms with Crippen LogP contribution < -0.4 is 10.5 Å². The average Bonchev–Trinajstić information content (AvgIpc) is 2.66. The Kier molecular flexibility index (Phi) is 5.10. The highest BCUT2D eigenvalue weighted by molar-refractivity contribution is 9.10. The van der Waals surface area contributed by atoms with Gasteiger partial charge in [0.1, 0.15) is 5.75 Å². The summed E-state index contributed by atoms with van der Waals surface area (Å²) < 4.78 is 12.3. The van der Waals surface area contributed by atoms with Crippen LogP contribution in [0.4, 0.5) is 0 Å². The fraction of sp³-hybridized carbons (Fsp3) is 0.625. The zero-order valence-electron chi connectivity index (χ0n) is 12.6. The summed E-state index contributed by atoms with van der Waals surface area (Å²) in [6.07, 6.45) is 1.34. The Morgan fingerprint density at radius 1 is 1.30 bits per heavy atom. The third-order valence-electron chi connectivity index (χ3n) is 4.52. The van der Waals surface area contributed by atoms with Crippen LogP contribution in [0.1, 0.15) is 26.3 Å². The normalized spacial score (nSPS) is 31.3. The molecule has 1 aliphatic rings. The minimum Gasteiger partial charge on any atom is -0.497 e. The van der Waals surface area contributed by atoms with Crippen molar-refractivity contribution in [2.24, 2.45) is 17.6 Å². The molecule has 2 rings (SSSR count). The van der Waals surface area contributed by atoms with Crippen molar-refractivity contribution < 1.29 is 9.47 Å². The maximum Gasteiger partial charge on any atom is 0.119 e. The van der Waals surface area contributed by atoms with Crippen molar-refractivity contribution in [1.29, 1.82) is 0 Å². The minimum atomic E-state index is 0.0911. The summed E-state index contributed by atoms with van der Waals surface area (Å²) in [5.41, 5.74) is 7.66. The number of nitrogens with two attached hydrogens (primary N) is 1.